The van der Waals surface area contributed by atoms with E-state index >= 15 is 0 Å². The molecular formula is C26H30N4O2. The molecule has 0 aliphatic carbocycles. The minimum absolute atomic E-state index is 0.216. The van der Waals surface area contributed by atoms with Gasteiger partial charge >= 0.3 is 0 Å². The first-order valence-electron chi connectivity index (χ1n) is 11.5. The summed E-state index contributed by atoms with van der Waals surface area (Å²) in [6.07, 6.45) is 4.13. The number of aromatic nitrogens is 2. The number of rotatable bonds is 6. The van der Waals surface area contributed by atoms with E-state index in [1.54, 1.807) is 0 Å². The summed E-state index contributed by atoms with van der Waals surface area (Å²) in [6.45, 7) is 3.42. The molecule has 0 bridgehead atoms. The number of aryl methyl sites for hydroxylation is 1. The van der Waals surface area contributed by atoms with Gasteiger partial charge in [-0.2, -0.15) is 0 Å². The first-order chi connectivity index (χ1) is 15.7. The third-order valence-electron chi connectivity index (χ3n) is 6.69. The maximum Gasteiger partial charge on any atom is 0.271 e. The van der Waals surface area contributed by atoms with E-state index in [9.17, 15) is 9.90 Å². The van der Waals surface area contributed by atoms with Crippen LogP contribution in [0.25, 0.3) is 0 Å². The molecule has 2 aromatic carbocycles. The molecule has 2 unspecified atom stereocenters. The highest BCUT2D eigenvalue weighted by molar-refractivity contribution is 5.92. The largest absolute Gasteiger partial charge is 0.390 e. The standard InChI is InChI=1S/C26H30N4O2/c31-23(17-29-12-10-20-8-4-5-9-22(20)16-29)15-27-26(32)24-18-30-13-11-21(14-25(30)28-24)19-6-2-1-3-7-19/h1-9,18,21,23,31H,10-17H2,(H,27,32). The van der Waals surface area contributed by atoms with Crippen LogP contribution in [0.4, 0.5) is 0 Å². The zero-order valence-electron chi connectivity index (χ0n) is 18.3. The normalized spacial score (nSPS) is 19.1. The van der Waals surface area contributed by atoms with Crippen molar-refractivity contribution in [1.82, 2.24) is 19.8 Å². The Morgan fingerprint density at radius 1 is 1.09 bits per heavy atom. The second-order valence-corrected chi connectivity index (χ2v) is 8.95. The summed E-state index contributed by atoms with van der Waals surface area (Å²) >= 11 is 0. The predicted molar refractivity (Wildman–Crippen MR) is 123 cm³/mol. The smallest absolute Gasteiger partial charge is 0.271 e. The summed E-state index contributed by atoms with van der Waals surface area (Å²) in [5.74, 6) is 1.19. The molecule has 3 heterocycles. The predicted octanol–water partition coefficient (Wildman–Crippen LogP) is 2.76. The molecule has 166 valence electrons. The molecule has 5 rings (SSSR count). The quantitative estimate of drug-likeness (QED) is 0.631. The number of nitrogens with zero attached hydrogens (tertiary/aromatic N) is 3. The maximum atomic E-state index is 12.7. The summed E-state index contributed by atoms with van der Waals surface area (Å²) in [7, 11) is 0. The monoisotopic (exact) mass is 430 g/mol. The molecular weight excluding hydrogens is 400 g/mol. The van der Waals surface area contributed by atoms with Crippen molar-refractivity contribution < 1.29 is 9.90 Å². The van der Waals surface area contributed by atoms with Gasteiger partial charge in [-0.1, -0.05) is 54.6 Å². The molecule has 2 aliphatic heterocycles. The van der Waals surface area contributed by atoms with Gasteiger partial charge in [-0.3, -0.25) is 9.69 Å². The van der Waals surface area contributed by atoms with Crippen LogP contribution in [0.5, 0.6) is 0 Å². The lowest BCUT2D eigenvalue weighted by Gasteiger charge is -2.30. The topological polar surface area (TPSA) is 70.4 Å². The van der Waals surface area contributed by atoms with Crippen LogP contribution in [0.1, 0.15) is 45.3 Å². The number of carbonyl (C=O) groups is 1. The van der Waals surface area contributed by atoms with Crippen LogP contribution in [0.2, 0.25) is 0 Å². The van der Waals surface area contributed by atoms with Gasteiger partial charge in [-0.25, -0.2) is 4.98 Å². The van der Waals surface area contributed by atoms with Crippen molar-refractivity contribution in [3.63, 3.8) is 0 Å². The van der Waals surface area contributed by atoms with E-state index in [1.807, 2.05) is 12.3 Å². The first kappa shape index (κ1) is 20.9. The fraction of sp³-hybridized carbons (Fsp3) is 0.385. The van der Waals surface area contributed by atoms with Crippen molar-refractivity contribution in [1.29, 1.82) is 0 Å². The SMILES string of the molecule is O=C(NCC(O)CN1CCc2ccccc2C1)c1cn2c(n1)CC(c1ccccc1)CC2. The summed E-state index contributed by atoms with van der Waals surface area (Å²) in [6, 6.07) is 19.0. The van der Waals surface area contributed by atoms with E-state index in [2.05, 4.69) is 68.3 Å². The molecule has 3 aromatic rings. The fourth-order valence-corrected chi connectivity index (χ4v) is 4.92. The number of nitrogens with one attached hydrogen (secondary N) is 1. The molecule has 2 N–H and O–H groups in total. The average Bonchev–Trinajstić information content (AvgIpc) is 3.27. The van der Waals surface area contributed by atoms with Gasteiger partial charge in [0.1, 0.15) is 11.5 Å². The molecule has 0 spiro atoms. The van der Waals surface area contributed by atoms with Gasteiger partial charge in [0, 0.05) is 45.3 Å². The molecule has 2 atom stereocenters. The molecule has 0 saturated heterocycles. The van der Waals surface area contributed by atoms with Crippen molar-refractivity contribution in [3.05, 3.63) is 89.0 Å². The van der Waals surface area contributed by atoms with Gasteiger partial charge in [0.05, 0.1) is 6.10 Å². The number of fused-ring (bicyclic) bond motifs is 2. The van der Waals surface area contributed by atoms with Gasteiger partial charge in [0.2, 0.25) is 0 Å². The zero-order valence-corrected chi connectivity index (χ0v) is 18.3. The highest BCUT2D eigenvalue weighted by atomic mass is 16.3. The maximum absolute atomic E-state index is 12.7. The fourth-order valence-electron chi connectivity index (χ4n) is 4.92. The van der Waals surface area contributed by atoms with Gasteiger partial charge < -0.3 is 15.0 Å². The summed E-state index contributed by atoms with van der Waals surface area (Å²) in [4.78, 5) is 19.5. The van der Waals surface area contributed by atoms with Gasteiger partial charge in [0.15, 0.2) is 0 Å². The van der Waals surface area contributed by atoms with Crippen LogP contribution in [0.15, 0.2) is 60.8 Å². The number of amides is 1. The molecule has 1 amide bonds. The second-order valence-electron chi connectivity index (χ2n) is 8.95. The molecule has 6 heteroatoms. The Bertz CT molecular complexity index is 1080. The van der Waals surface area contributed by atoms with Gasteiger partial charge in [-0.15, -0.1) is 0 Å². The molecule has 32 heavy (non-hydrogen) atoms. The molecule has 6 nitrogen and oxygen atoms in total. The molecule has 2 aliphatic rings. The van der Waals surface area contributed by atoms with Crippen molar-refractivity contribution in [2.75, 3.05) is 19.6 Å². The van der Waals surface area contributed by atoms with Crippen LogP contribution in [-0.2, 0) is 25.9 Å². The highest BCUT2D eigenvalue weighted by Gasteiger charge is 2.24. The van der Waals surface area contributed by atoms with E-state index in [4.69, 9.17) is 0 Å². The van der Waals surface area contributed by atoms with E-state index < -0.39 is 6.10 Å². The third-order valence-corrected chi connectivity index (χ3v) is 6.69. The number of aliphatic hydroxyl groups is 1. The highest BCUT2D eigenvalue weighted by Crippen LogP contribution is 2.29. The molecule has 1 aromatic heterocycles. The van der Waals surface area contributed by atoms with Crippen LogP contribution in [0, 0.1) is 0 Å². The average molecular weight is 431 g/mol. The Labute approximate surface area is 188 Å². The Morgan fingerprint density at radius 3 is 2.72 bits per heavy atom. The number of hydrogen-bond acceptors (Lipinski definition) is 4. The Morgan fingerprint density at radius 2 is 1.88 bits per heavy atom. The lowest BCUT2D eigenvalue weighted by atomic mass is 9.90. The van der Waals surface area contributed by atoms with Crippen molar-refractivity contribution in [3.8, 4) is 0 Å². The van der Waals surface area contributed by atoms with E-state index in [-0.39, 0.29) is 12.5 Å². The third kappa shape index (κ3) is 4.61. The van der Waals surface area contributed by atoms with E-state index in [0.29, 0.717) is 18.2 Å². The van der Waals surface area contributed by atoms with Gasteiger partial charge in [0.25, 0.3) is 5.91 Å². The Balaban J connectivity index is 1.13. The zero-order chi connectivity index (χ0) is 21.9. The van der Waals surface area contributed by atoms with Crippen LogP contribution in [-0.4, -0.2) is 51.2 Å². The summed E-state index contributed by atoms with van der Waals surface area (Å²) in [5.41, 5.74) is 4.49. The number of β-amino-alcohol motifs (C(OH)–C–C–N with tert-alkyl or cyclic N) is 1. The van der Waals surface area contributed by atoms with Crippen molar-refractivity contribution in [2.24, 2.45) is 0 Å². The van der Waals surface area contributed by atoms with E-state index in [0.717, 1.165) is 44.7 Å². The van der Waals surface area contributed by atoms with Crippen molar-refractivity contribution in [2.45, 2.75) is 44.4 Å². The number of benzene rings is 2. The number of carbonyl (C=O) groups excluding carboxylic acids is 1. The van der Waals surface area contributed by atoms with E-state index in [1.165, 1.54) is 16.7 Å². The van der Waals surface area contributed by atoms with Crippen LogP contribution < -0.4 is 5.32 Å². The minimum Gasteiger partial charge on any atom is -0.390 e. The summed E-state index contributed by atoms with van der Waals surface area (Å²) in [5, 5.41) is 13.4. The van der Waals surface area contributed by atoms with Crippen molar-refractivity contribution >= 4 is 5.91 Å². The molecule has 0 fully saturated rings. The van der Waals surface area contributed by atoms with Crippen LogP contribution >= 0.6 is 0 Å². The van der Waals surface area contributed by atoms with Crippen LogP contribution in [0.3, 0.4) is 0 Å². The number of imidazole rings is 1. The molecule has 0 saturated carbocycles. The number of hydrogen-bond donors (Lipinski definition) is 2. The summed E-state index contributed by atoms with van der Waals surface area (Å²) < 4.78 is 2.09. The first-order valence-corrected chi connectivity index (χ1v) is 11.5. The lowest BCUT2D eigenvalue weighted by Crippen LogP contribution is -2.42. The van der Waals surface area contributed by atoms with Gasteiger partial charge in [-0.05, 0) is 35.4 Å². The number of aliphatic hydroxyl groups excluding tert-OH is 1. The minimum atomic E-state index is -0.607. The Kier molecular flexibility index (Phi) is 6.06. The lowest BCUT2D eigenvalue weighted by molar-refractivity contribution is 0.0838. The Hall–Kier alpha value is -2.96. The second kappa shape index (κ2) is 9.27. The molecule has 0 radical (unpaired) electrons.